The molecule has 1 atom stereocenters. The van der Waals surface area contributed by atoms with Gasteiger partial charge in [0.25, 0.3) is 5.91 Å². The number of halogens is 2. The third-order valence-electron chi connectivity index (χ3n) is 6.28. The number of piperazine rings is 1. The number of anilines is 2. The summed E-state index contributed by atoms with van der Waals surface area (Å²) in [7, 11) is 0. The molecule has 4 rings (SSSR count). The van der Waals surface area contributed by atoms with E-state index in [4.69, 9.17) is 28.9 Å². The van der Waals surface area contributed by atoms with Crippen molar-refractivity contribution in [2.45, 2.75) is 25.3 Å². The molecule has 2 aromatic rings. The van der Waals surface area contributed by atoms with Gasteiger partial charge in [-0.2, -0.15) is 0 Å². The molecule has 5 amide bonds. The monoisotopic (exact) mass is 521 g/mol. The number of fused-ring (bicyclic) bond motifs is 1. The molecular weight excluding hydrogens is 493 g/mol. The number of hydrogen-bond acceptors (Lipinski definition) is 6. The van der Waals surface area contributed by atoms with Crippen LogP contribution in [0, 0.1) is 0 Å². The lowest BCUT2D eigenvalue weighted by Crippen LogP contribution is -2.57. The minimum Gasteiger partial charge on any atom is -0.384 e. The highest BCUT2D eigenvalue weighted by molar-refractivity contribution is 6.31. The van der Waals surface area contributed by atoms with Crippen LogP contribution < -0.4 is 21.3 Å². The highest BCUT2D eigenvalue weighted by atomic mass is 35.5. The third-order valence-corrected chi connectivity index (χ3v) is 6.70. The average Bonchev–Trinajstić information content (AvgIpc) is 3.03. The Balaban J connectivity index is 1.38. The van der Waals surface area contributed by atoms with E-state index in [1.807, 2.05) is 18.2 Å². The zero-order valence-corrected chi connectivity index (χ0v) is 20.8. The number of benzene rings is 1. The van der Waals surface area contributed by atoms with Crippen molar-refractivity contribution < 1.29 is 14.4 Å². The predicted molar refractivity (Wildman–Crippen MR) is 137 cm³/mol. The minimum atomic E-state index is -0.738. The fourth-order valence-corrected chi connectivity index (χ4v) is 4.74. The van der Waals surface area contributed by atoms with Crippen LogP contribution in [-0.4, -0.2) is 83.9 Å². The van der Waals surface area contributed by atoms with Crippen molar-refractivity contribution in [2.75, 3.05) is 55.8 Å². The first kappa shape index (κ1) is 25.1. The van der Waals surface area contributed by atoms with Gasteiger partial charge in [0.15, 0.2) is 0 Å². The lowest BCUT2D eigenvalue weighted by Gasteiger charge is -2.37. The Labute approximate surface area is 213 Å². The van der Waals surface area contributed by atoms with Crippen LogP contribution in [-0.2, 0) is 4.79 Å². The third kappa shape index (κ3) is 5.82. The van der Waals surface area contributed by atoms with Crippen LogP contribution in [0.2, 0.25) is 5.02 Å². The molecule has 0 aliphatic carbocycles. The molecule has 3 heterocycles. The van der Waals surface area contributed by atoms with Crippen molar-refractivity contribution in [2.24, 2.45) is 0 Å². The SMILES string of the molecule is Nc1cc(N2CCN(C(=O)N[C@H]3CCCCN(C(=O)NCCCl)C3=O)CC2)c2ccc(Cl)cc2n1. The molecule has 10 nitrogen and oxygen atoms in total. The maximum atomic E-state index is 13.0. The standard InChI is InChI=1S/C23H29Cl2N7O3/c24-6-7-27-22(34)32-8-2-1-3-17(21(32)33)29-23(35)31-11-9-30(10-12-31)19-14-20(26)28-18-13-15(25)4-5-16(18)19/h4-5,13-14,17H,1-3,6-12H2,(H2,26,28)(H,27,34)(H,29,35)/t17-/m0/s1. The van der Waals surface area contributed by atoms with Crippen LogP contribution in [0.5, 0.6) is 0 Å². The number of urea groups is 2. The summed E-state index contributed by atoms with van der Waals surface area (Å²) < 4.78 is 0. The van der Waals surface area contributed by atoms with Gasteiger partial charge in [-0.25, -0.2) is 14.6 Å². The van der Waals surface area contributed by atoms with Gasteiger partial charge >= 0.3 is 12.1 Å². The van der Waals surface area contributed by atoms with Crippen molar-refractivity contribution in [3.8, 4) is 0 Å². The molecule has 0 bridgehead atoms. The van der Waals surface area contributed by atoms with Crippen molar-refractivity contribution in [3.63, 3.8) is 0 Å². The van der Waals surface area contributed by atoms with Crippen LogP contribution in [0.4, 0.5) is 21.1 Å². The van der Waals surface area contributed by atoms with Crippen molar-refractivity contribution in [3.05, 3.63) is 29.3 Å². The van der Waals surface area contributed by atoms with E-state index in [0.717, 1.165) is 23.0 Å². The number of carbonyl (C=O) groups is 3. The molecule has 2 aliphatic rings. The van der Waals surface area contributed by atoms with Gasteiger partial charge in [-0.05, 0) is 37.5 Å². The summed E-state index contributed by atoms with van der Waals surface area (Å²) in [4.78, 5) is 47.7. The molecule has 0 spiro atoms. The van der Waals surface area contributed by atoms with Gasteiger partial charge in [0.2, 0.25) is 0 Å². The molecule has 12 heteroatoms. The molecule has 0 radical (unpaired) electrons. The number of nitrogens with zero attached hydrogens (tertiary/aromatic N) is 4. The van der Waals surface area contributed by atoms with E-state index < -0.39 is 12.1 Å². The molecule has 0 unspecified atom stereocenters. The van der Waals surface area contributed by atoms with E-state index in [1.165, 1.54) is 4.90 Å². The van der Waals surface area contributed by atoms with Crippen molar-refractivity contribution in [1.82, 2.24) is 25.4 Å². The Morgan fingerprint density at radius 1 is 1.09 bits per heavy atom. The van der Waals surface area contributed by atoms with E-state index in [0.29, 0.717) is 56.4 Å². The van der Waals surface area contributed by atoms with Gasteiger partial charge in [-0.1, -0.05) is 11.6 Å². The van der Waals surface area contributed by atoms with Crippen molar-refractivity contribution >= 4 is 63.6 Å². The topological polar surface area (TPSA) is 124 Å². The molecular formula is C23H29Cl2N7O3. The first-order valence-corrected chi connectivity index (χ1v) is 12.6. The number of pyridine rings is 1. The number of aromatic nitrogens is 1. The second-order valence-electron chi connectivity index (χ2n) is 8.61. The van der Waals surface area contributed by atoms with Gasteiger partial charge in [0, 0.05) is 67.3 Å². The predicted octanol–water partition coefficient (Wildman–Crippen LogP) is 2.63. The molecule has 2 fully saturated rings. The average molecular weight is 522 g/mol. The lowest BCUT2D eigenvalue weighted by molar-refractivity contribution is -0.129. The summed E-state index contributed by atoms with van der Waals surface area (Å²) >= 11 is 11.7. The second kappa shape index (κ2) is 11.2. The van der Waals surface area contributed by atoms with Crippen LogP contribution in [0.3, 0.4) is 0 Å². The molecule has 1 aromatic heterocycles. The summed E-state index contributed by atoms with van der Waals surface area (Å²) in [6.07, 6.45) is 1.93. The van der Waals surface area contributed by atoms with Gasteiger partial charge < -0.3 is 26.2 Å². The number of nitrogens with one attached hydrogen (secondary N) is 2. The highest BCUT2D eigenvalue weighted by Crippen LogP contribution is 2.30. The summed E-state index contributed by atoms with van der Waals surface area (Å²) in [5.74, 6) is 0.274. The number of carbonyl (C=O) groups excluding carboxylic acids is 3. The Kier molecular flexibility index (Phi) is 8.02. The molecule has 1 aromatic carbocycles. The fourth-order valence-electron chi connectivity index (χ4n) is 4.48. The molecule has 0 saturated carbocycles. The number of hydrogen-bond donors (Lipinski definition) is 3. The van der Waals surface area contributed by atoms with Gasteiger partial charge in [-0.15, -0.1) is 11.6 Å². The van der Waals surface area contributed by atoms with E-state index in [9.17, 15) is 14.4 Å². The highest BCUT2D eigenvalue weighted by Gasteiger charge is 2.33. The number of amides is 5. The maximum Gasteiger partial charge on any atom is 0.324 e. The van der Waals surface area contributed by atoms with Gasteiger partial charge in [-0.3, -0.25) is 9.69 Å². The smallest absolute Gasteiger partial charge is 0.324 e. The van der Waals surface area contributed by atoms with Crippen LogP contribution in [0.25, 0.3) is 10.9 Å². The normalized spacial score (nSPS) is 19.0. The molecule has 2 saturated heterocycles. The van der Waals surface area contributed by atoms with Crippen LogP contribution in [0.15, 0.2) is 24.3 Å². The molecule has 35 heavy (non-hydrogen) atoms. The largest absolute Gasteiger partial charge is 0.384 e. The summed E-state index contributed by atoms with van der Waals surface area (Å²) in [5, 5.41) is 7.00. The van der Waals surface area contributed by atoms with E-state index in [-0.39, 0.29) is 24.4 Å². The second-order valence-corrected chi connectivity index (χ2v) is 9.42. The molecule has 188 valence electrons. The number of rotatable bonds is 4. The summed E-state index contributed by atoms with van der Waals surface area (Å²) in [6, 6.07) is 5.83. The number of nitrogen functional groups attached to an aromatic ring is 1. The van der Waals surface area contributed by atoms with Crippen LogP contribution in [0.1, 0.15) is 19.3 Å². The first-order chi connectivity index (χ1) is 16.9. The van der Waals surface area contributed by atoms with E-state index in [2.05, 4.69) is 20.5 Å². The Bertz CT molecular complexity index is 1100. The lowest BCUT2D eigenvalue weighted by atomic mass is 10.1. The Hall–Kier alpha value is -2.98. The van der Waals surface area contributed by atoms with E-state index >= 15 is 0 Å². The Morgan fingerprint density at radius 2 is 1.86 bits per heavy atom. The molecule has 4 N–H and O–H groups in total. The summed E-state index contributed by atoms with van der Waals surface area (Å²) in [5.41, 5.74) is 7.69. The summed E-state index contributed by atoms with van der Waals surface area (Å²) in [6.45, 7) is 2.75. The Morgan fingerprint density at radius 3 is 2.60 bits per heavy atom. The van der Waals surface area contributed by atoms with E-state index in [1.54, 1.807) is 11.0 Å². The zero-order valence-electron chi connectivity index (χ0n) is 19.3. The van der Waals surface area contributed by atoms with Gasteiger partial charge in [0.1, 0.15) is 11.9 Å². The minimum absolute atomic E-state index is 0.259. The molecule has 2 aliphatic heterocycles. The maximum absolute atomic E-state index is 13.0. The van der Waals surface area contributed by atoms with Crippen LogP contribution >= 0.6 is 23.2 Å². The van der Waals surface area contributed by atoms with Crippen molar-refractivity contribution in [1.29, 1.82) is 0 Å². The number of nitrogens with two attached hydrogens (primary N) is 1. The fraction of sp³-hybridized carbons (Fsp3) is 0.478. The van der Waals surface area contributed by atoms with Gasteiger partial charge in [0.05, 0.1) is 5.52 Å². The zero-order chi connectivity index (χ0) is 24.9. The quantitative estimate of drug-likeness (QED) is 0.531. The number of imide groups is 1. The number of alkyl halides is 1. The number of likely N-dealkylation sites (tertiary alicyclic amines) is 1. The first-order valence-electron chi connectivity index (χ1n) is 11.7.